The summed E-state index contributed by atoms with van der Waals surface area (Å²) in [6.07, 6.45) is 2.03. The predicted octanol–water partition coefficient (Wildman–Crippen LogP) is 3.23. The number of hydrogen-bond acceptors (Lipinski definition) is 5. The van der Waals surface area contributed by atoms with E-state index in [-0.39, 0.29) is 11.4 Å². The Morgan fingerprint density at radius 1 is 1.13 bits per heavy atom. The Hall–Kier alpha value is -3.26. The number of benzene rings is 2. The molecular weight excluding hydrogens is 383 g/mol. The molecule has 0 amide bonds. The molecule has 3 N–H and O–H groups in total. The lowest BCUT2D eigenvalue weighted by atomic mass is 9.91. The molecule has 0 atom stereocenters. The average molecular weight is 406 g/mol. The van der Waals surface area contributed by atoms with E-state index in [9.17, 15) is 9.18 Å². The number of nitrogens with one attached hydrogen (secondary N) is 3. The maximum Gasteiger partial charge on any atom is 0.260 e. The summed E-state index contributed by atoms with van der Waals surface area (Å²) in [6.45, 7) is 3.53. The predicted molar refractivity (Wildman–Crippen MR) is 115 cm³/mol. The van der Waals surface area contributed by atoms with Crippen LogP contribution < -0.4 is 10.9 Å². The van der Waals surface area contributed by atoms with Crippen LogP contribution in [0.5, 0.6) is 0 Å². The molecule has 30 heavy (non-hydrogen) atoms. The molecule has 0 unspecified atom stereocenters. The van der Waals surface area contributed by atoms with Gasteiger partial charge in [-0.1, -0.05) is 12.1 Å². The first-order valence-corrected chi connectivity index (χ1v) is 10.3. The summed E-state index contributed by atoms with van der Waals surface area (Å²) in [5.41, 5.74) is 2.36. The molecule has 7 nitrogen and oxygen atoms in total. The Bertz CT molecular complexity index is 1240. The van der Waals surface area contributed by atoms with Gasteiger partial charge in [0.25, 0.3) is 5.56 Å². The first kappa shape index (κ1) is 18.7. The topological polar surface area (TPSA) is 89.7 Å². The molecule has 154 valence electrons. The SMILES string of the molecule is O=c1[nH]c(NCCN2CCC(c3n[nH]c4cc(F)ccc34)CC2)nc2ccccc12. The van der Waals surface area contributed by atoms with E-state index in [1.54, 1.807) is 6.07 Å². The minimum absolute atomic E-state index is 0.130. The van der Waals surface area contributed by atoms with Crippen LogP contribution in [0, 0.1) is 5.82 Å². The van der Waals surface area contributed by atoms with Crippen molar-refractivity contribution < 1.29 is 4.39 Å². The molecule has 5 rings (SSSR count). The maximum atomic E-state index is 13.4. The molecule has 8 heteroatoms. The monoisotopic (exact) mass is 406 g/mol. The van der Waals surface area contributed by atoms with Gasteiger partial charge in [0.05, 0.1) is 22.1 Å². The number of rotatable bonds is 5. The number of anilines is 1. The second kappa shape index (κ2) is 7.87. The van der Waals surface area contributed by atoms with Gasteiger partial charge in [-0.3, -0.25) is 14.9 Å². The van der Waals surface area contributed by atoms with Crippen molar-refractivity contribution in [1.82, 2.24) is 25.1 Å². The molecule has 1 saturated heterocycles. The van der Waals surface area contributed by atoms with E-state index >= 15 is 0 Å². The minimum atomic E-state index is -0.248. The smallest absolute Gasteiger partial charge is 0.260 e. The van der Waals surface area contributed by atoms with E-state index in [0.717, 1.165) is 49.1 Å². The Morgan fingerprint density at radius 3 is 2.83 bits per heavy atom. The zero-order valence-corrected chi connectivity index (χ0v) is 16.5. The molecule has 1 aliphatic heterocycles. The number of halogens is 1. The molecule has 1 aliphatic rings. The highest BCUT2D eigenvalue weighted by Crippen LogP contribution is 2.31. The molecule has 4 aromatic rings. The van der Waals surface area contributed by atoms with Crippen LogP contribution in [0.1, 0.15) is 24.5 Å². The van der Waals surface area contributed by atoms with Crippen molar-refractivity contribution in [3.05, 3.63) is 64.3 Å². The summed E-state index contributed by atoms with van der Waals surface area (Å²) >= 11 is 0. The number of hydrogen-bond donors (Lipinski definition) is 3. The van der Waals surface area contributed by atoms with Crippen LogP contribution in [0.25, 0.3) is 21.8 Å². The van der Waals surface area contributed by atoms with Gasteiger partial charge >= 0.3 is 0 Å². The number of fused-ring (bicyclic) bond motifs is 2. The van der Waals surface area contributed by atoms with Crippen LogP contribution in [-0.4, -0.2) is 51.2 Å². The fourth-order valence-corrected chi connectivity index (χ4v) is 4.26. The summed E-state index contributed by atoms with van der Waals surface area (Å²) < 4.78 is 13.4. The van der Waals surface area contributed by atoms with Crippen LogP contribution in [0.4, 0.5) is 10.3 Å². The maximum absolute atomic E-state index is 13.4. The lowest BCUT2D eigenvalue weighted by Crippen LogP contribution is -2.36. The molecule has 0 saturated carbocycles. The molecule has 3 heterocycles. The van der Waals surface area contributed by atoms with Gasteiger partial charge < -0.3 is 10.2 Å². The van der Waals surface area contributed by atoms with Gasteiger partial charge in [0.1, 0.15) is 5.82 Å². The summed E-state index contributed by atoms with van der Waals surface area (Å²) in [5, 5.41) is 12.3. The third-order valence-electron chi connectivity index (χ3n) is 5.86. The van der Waals surface area contributed by atoms with Crippen LogP contribution in [0.15, 0.2) is 47.3 Å². The summed E-state index contributed by atoms with van der Waals surface area (Å²) in [6, 6.07) is 12.1. The van der Waals surface area contributed by atoms with Gasteiger partial charge in [0.2, 0.25) is 5.95 Å². The van der Waals surface area contributed by atoms with E-state index < -0.39 is 0 Å². The number of aromatic nitrogens is 4. The van der Waals surface area contributed by atoms with Crippen LogP contribution in [0.2, 0.25) is 0 Å². The van der Waals surface area contributed by atoms with E-state index in [4.69, 9.17) is 0 Å². The second-order valence-electron chi connectivity index (χ2n) is 7.77. The van der Waals surface area contributed by atoms with Crippen molar-refractivity contribution in [2.75, 3.05) is 31.5 Å². The second-order valence-corrected chi connectivity index (χ2v) is 7.77. The van der Waals surface area contributed by atoms with Crippen molar-refractivity contribution in [3.8, 4) is 0 Å². The molecule has 1 fully saturated rings. The molecule has 2 aromatic heterocycles. The van der Waals surface area contributed by atoms with Crippen LogP contribution in [-0.2, 0) is 0 Å². The van der Waals surface area contributed by atoms with Crippen LogP contribution in [0.3, 0.4) is 0 Å². The highest BCUT2D eigenvalue weighted by Gasteiger charge is 2.24. The molecule has 0 bridgehead atoms. The highest BCUT2D eigenvalue weighted by molar-refractivity contribution is 5.82. The largest absolute Gasteiger partial charge is 0.354 e. The quantitative estimate of drug-likeness (QED) is 0.474. The summed E-state index contributed by atoms with van der Waals surface area (Å²) in [5.74, 6) is 0.637. The minimum Gasteiger partial charge on any atom is -0.354 e. The molecule has 0 aliphatic carbocycles. The first-order chi connectivity index (χ1) is 14.7. The lowest BCUT2D eigenvalue weighted by molar-refractivity contribution is 0.218. The lowest BCUT2D eigenvalue weighted by Gasteiger charge is -2.31. The zero-order chi connectivity index (χ0) is 20.5. The molecule has 0 spiro atoms. The van der Waals surface area contributed by atoms with Gasteiger partial charge in [-0.2, -0.15) is 5.10 Å². The van der Waals surface area contributed by atoms with Crippen molar-refractivity contribution in [2.45, 2.75) is 18.8 Å². The Kier molecular flexibility index (Phi) is 4.92. The van der Waals surface area contributed by atoms with E-state index in [1.807, 2.05) is 24.3 Å². The average Bonchev–Trinajstić information content (AvgIpc) is 3.17. The van der Waals surface area contributed by atoms with Crippen molar-refractivity contribution in [3.63, 3.8) is 0 Å². The Balaban J connectivity index is 1.16. The van der Waals surface area contributed by atoms with E-state index in [0.29, 0.717) is 29.3 Å². The number of nitrogens with zero attached hydrogens (tertiary/aromatic N) is 3. The zero-order valence-electron chi connectivity index (χ0n) is 16.5. The van der Waals surface area contributed by atoms with Crippen molar-refractivity contribution in [2.24, 2.45) is 0 Å². The summed E-state index contributed by atoms with van der Waals surface area (Å²) in [4.78, 5) is 21.8. The van der Waals surface area contributed by atoms with Gasteiger partial charge in [-0.15, -0.1) is 0 Å². The number of likely N-dealkylation sites (tertiary alicyclic amines) is 1. The fraction of sp³-hybridized carbons (Fsp3) is 0.318. The number of para-hydroxylation sites is 1. The number of H-pyrrole nitrogens is 2. The number of aromatic amines is 2. The van der Waals surface area contributed by atoms with Gasteiger partial charge in [-0.05, 0) is 56.3 Å². The Labute approximate surface area is 172 Å². The van der Waals surface area contributed by atoms with E-state index in [2.05, 4.69) is 30.4 Å². The third-order valence-corrected chi connectivity index (χ3v) is 5.86. The normalized spacial score (nSPS) is 15.8. The molecule has 0 radical (unpaired) electrons. The number of piperidine rings is 1. The van der Waals surface area contributed by atoms with E-state index in [1.165, 1.54) is 12.1 Å². The van der Waals surface area contributed by atoms with Gasteiger partial charge in [0.15, 0.2) is 0 Å². The van der Waals surface area contributed by atoms with Gasteiger partial charge in [-0.25, -0.2) is 9.37 Å². The fourth-order valence-electron chi connectivity index (χ4n) is 4.26. The Morgan fingerprint density at radius 2 is 1.97 bits per heavy atom. The van der Waals surface area contributed by atoms with Gasteiger partial charge in [0, 0.05) is 24.4 Å². The molecule has 2 aromatic carbocycles. The van der Waals surface area contributed by atoms with Crippen molar-refractivity contribution >= 4 is 27.8 Å². The standard InChI is InChI=1S/C22H23FN6O/c23-15-5-6-16-19(13-15)27-28-20(16)14-7-10-29(11-8-14)12-9-24-22-25-18-4-2-1-3-17(18)21(30)26-22/h1-6,13-14H,7-12H2,(H,27,28)(H2,24,25,26,30). The third kappa shape index (κ3) is 3.66. The summed E-state index contributed by atoms with van der Waals surface area (Å²) in [7, 11) is 0. The molecular formula is C22H23FN6O. The van der Waals surface area contributed by atoms with Crippen LogP contribution >= 0.6 is 0 Å². The van der Waals surface area contributed by atoms with Crippen molar-refractivity contribution in [1.29, 1.82) is 0 Å². The highest BCUT2D eigenvalue weighted by atomic mass is 19.1. The first-order valence-electron chi connectivity index (χ1n) is 10.3.